The lowest BCUT2D eigenvalue weighted by atomic mass is 10.2. The van der Waals surface area contributed by atoms with E-state index in [0.29, 0.717) is 5.56 Å². The molecule has 0 radical (unpaired) electrons. The molecule has 0 amide bonds. The van der Waals surface area contributed by atoms with Gasteiger partial charge in [0.2, 0.25) is 0 Å². The minimum Gasteiger partial charge on any atom is -0.444 e. The smallest absolute Gasteiger partial charge is 0.341 e. The first-order valence-corrected chi connectivity index (χ1v) is 6.39. The first kappa shape index (κ1) is 13.9. The molecule has 0 aliphatic rings. The van der Waals surface area contributed by atoms with Crippen LogP contribution in [-0.4, -0.2) is 16.6 Å². The van der Waals surface area contributed by atoms with E-state index >= 15 is 0 Å². The fourth-order valence-corrected chi connectivity index (χ4v) is 2.19. The molecule has 1 unspecified atom stereocenters. The number of rotatable bonds is 3. The number of esters is 1. The van der Waals surface area contributed by atoms with Crippen molar-refractivity contribution in [2.45, 2.75) is 26.9 Å². The molecule has 0 N–H and O–H groups in total. The van der Waals surface area contributed by atoms with Crippen LogP contribution in [0.4, 0.5) is 0 Å². The number of aromatic nitrogens is 1. The summed E-state index contributed by atoms with van der Waals surface area (Å²) in [6.07, 6.45) is -0.748. The fourth-order valence-electron chi connectivity index (χ4n) is 2.19. The van der Waals surface area contributed by atoms with E-state index in [0.717, 1.165) is 17.1 Å². The molecule has 0 fully saturated rings. The second kappa shape index (κ2) is 5.62. The summed E-state index contributed by atoms with van der Waals surface area (Å²) in [7, 11) is 0. The van der Waals surface area contributed by atoms with E-state index in [4.69, 9.17) is 10.00 Å². The summed E-state index contributed by atoms with van der Waals surface area (Å²) in [5.74, 6) is -0.464. The molecule has 0 saturated carbocycles. The number of para-hydroxylation sites is 1. The van der Waals surface area contributed by atoms with Crippen molar-refractivity contribution in [2.75, 3.05) is 0 Å². The number of carbonyl (C=O) groups is 1. The maximum absolute atomic E-state index is 12.0. The van der Waals surface area contributed by atoms with Gasteiger partial charge >= 0.3 is 5.97 Å². The first-order valence-electron chi connectivity index (χ1n) is 6.39. The molecule has 4 nitrogen and oxygen atoms in total. The van der Waals surface area contributed by atoms with E-state index in [2.05, 4.69) is 0 Å². The monoisotopic (exact) mass is 268 g/mol. The zero-order valence-electron chi connectivity index (χ0n) is 11.8. The summed E-state index contributed by atoms with van der Waals surface area (Å²) >= 11 is 0. The molecule has 1 atom stereocenters. The number of nitrogens with zero attached hydrogens (tertiary/aromatic N) is 2. The van der Waals surface area contributed by atoms with Crippen molar-refractivity contribution in [1.29, 1.82) is 5.26 Å². The van der Waals surface area contributed by atoms with Gasteiger partial charge in [-0.25, -0.2) is 4.79 Å². The summed E-state index contributed by atoms with van der Waals surface area (Å²) in [4.78, 5) is 12.0. The Labute approximate surface area is 118 Å². The molecule has 2 rings (SSSR count). The first-order chi connectivity index (χ1) is 9.54. The normalized spacial score (nSPS) is 11.7. The van der Waals surface area contributed by atoms with E-state index in [1.54, 1.807) is 13.0 Å². The van der Waals surface area contributed by atoms with Crippen molar-refractivity contribution in [3.63, 3.8) is 0 Å². The number of hydrogen-bond acceptors (Lipinski definition) is 3. The number of ether oxygens (including phenoxy) is 1. The molecule has 0 aliphatic carbocycles. The molecular weight excluding hydrogens is 252 g/mol. The van der Waals surface area contributed by atoms with Crippen LogP contribution in [-0.2, 0) is 4.74 Å². The predicted octanol–water partition coefficient (Wildman–Crippen LogP) is 3.16. The molecule has 1 aromatic heterocycles. The van der Waals surface area contributed by atoms with Gasteiger partial charge in [-0.2, -0.15) is 5.26 Å². The highest BCUT2D eigenvalue weighted by Crippen LogP contribution is 2.21. The van der Waals surface area contributed by atoms with E-state index < -0.39 is 12.1 Å². The van der Waals surface area contributed by atoms with Gasteiger partial charge in [0.05, 0.1) is 5.56 Å². The lowest BCUT2D eigenvalue weighted by molar-refractivity contribution is 0.0434. The largest absolute Gasteiger partial charge is 0.444 e. The van der Waals surface area contributed by atoms with Crippen LogP contribution in [0.3, 0.4) is 0 Å². The Morgan fingerprint density at radius 1 is 1.30 bits per heavy atom. The average Bonchev–Trinajstić information content (AvgIpc) is 2.75. The maximum atomic E-state index is 12.0. The molecule has 0 saturated heterocycles. The van der Waals surface area contributed by atoms with Crippen LogP contribution in [0.2, 0.25) is 0 Å². The highest BCUT2D eigenvalue weighted by atomic mass is 16.5. The highest BCUT2D eigenvalue weighted by Gasteiger charge is 2.19. The quantitative estimate of drug-likeness (QED) is 0.803. The van der Waals surface area contributed by atoms with Crippen LogP contribution in [0.5, 0.6) is 0 Å². The van der Waals surface area contributed by atoms with Gasteiger partial charge in [-0.15, -0.1) is 0 Å². The van der Waals surface area contributed by atoms with Gasteiger partial charge in [-0.05, 0) is 39.0 Å². The maximum Gasteiger partial charge on any atom is 0.341 e. The van der Waals surface area contributed by atoms with Gasteiger partial charge < -0.3 is 9.30 Å². The van der Waals surface area contributed by atoms with Crippen molar-refractivity contribution in [2.24, 2.45) is 0 Å². The zero-order valence-corrected chi connectivity index (χ0v) is 11.8. The molecule has 20 heavy (non-hydrogen) atoms. The van der Waals surface area contributed by atoms with Gasteiger partial charge in [0.25, 0.3) is 0 Å². The van der Waals surface area contributed by atoms with E-state index in [9.17, 15) is 4.79 Å². The Hall–Kier alpha value is -2.54. The Morgan fingerprint density at radius 2 is 1.95 bits per heavy atom. The average molecular weight is 268 g/mol. The summed E-state index contributed by atoms with van der Waals surface area (Å²) in [5, 5.41) is 8.71. The Kier molecular flexibility index (Phi) is 3.90. The van der Waals surface area contributed by atoms with Crippen molar-refractivity contribution in [1.82, 2.24) is 4.57 Å². The standard InChI is InChI=1S/C16H16N2O2/c1-11-9-15(16(19)20-12(2)10-17)13(3)18(11)14-7-5-4-6-8-14/h4-9,12H,1-3H3. The van der Waals surface area contributed by atoms with Crippen LogP contribution in [0.15, 0.2) is 36.4 Å². The minimum atomic E-state index is -0.748. The van der Waals surface area contributed by atoms with Crippen molar-refractivity contribution < 1.29 is 9.53 Å². The third-order valence-electron chi connectivity index (χ3n) is 3.13. The van der Waals surface area contributed by atoms with Crippen LogP contribution in [0.25, 0.3) is 5.69 Å². The summed E-state index contributed by atoms with van der Waals surface area (Å²) < 4.78 is 7.05. The van der Waals surface area contributed by atoms with Gasteiger partial charge in [0.1, 0.15) is 6.07 Å². The Bertz CT molecular complexity index is 666. The van der Waals surface area contributed by atoms with Crippen molar-refractivity contribution in [3.05, 3.63) is 53.3 Å². The van der Waals surface area contributed by atoms with Crippen molar-refractivity contribution >= 4 is 5.97 Å². The lowest BCUT2D eigenvalue weighted by Gasteiger charge is -2.10. The summed E-state index contributed by atoms with van der Waals surface area (Å²) in [5.41, 5.74) is 3.25. The molecule has 2 aromatic rings. The summed E-state index contributed by atoms with van der Waals surface area (Å²) in [6.45, 7) is 5.35. The third kappa shape index (κ3) is 2.57. The lowest BCUT2D eigenvalue weighted by Crippen LogP contribution is -2.13. The number of hydrogen-bond donors (Lipinski definition) is 0. The highest BCUT2D eigenvalue weighted by molar-refractivity contribution is 5.91. The second-order valence-electron chi connectivity index (χ2n) is 4.63. The number of nitriles is 1. The predicted molar refractivity (Wildman–Crippen MR) is 75.7 cm³/mol. The molecule has 1 aromatic carbocycles. The van der Waals surface area contributed by atoms with Gasteiger partial charge in [0.15, 0.2) is 6.10 Å². The molecule has 102 valence electrons. The van der Waals surface area contributed by atoms with Crippen LogP contribution >= 0.6 is 0 Å². The minimum absolute atomic E-state index is 0.464. The van der Waals surface area contributed by atoms with E-state index in [1.165, 1.54) is 0 Å². The molecule has 4 heteroatoms. The van der Waals surface area contributed by atoms with Crippen LogP contribution < -0.4 is 0 Å². The van der Waals surface area contributed by atoms with Gasteiger partial charge in [0, 0.05) is 17.1 Å². The van der Waals surface area contributed by atoms with Crippen LogP contribution in [0, 0.1) is 25.2 Å². The molecular formula is C16H16N2O2. The number of carbonyl (C=O) groups excluding carboxylic acids is 1. The Morgan fingerprint density at radius 3 is 2.55 bits per heavy atom. The van der Waals surface area contributed by atoms with Gasteiger partial charge in [-0.3, -0.25) is 0 Å². The number of benzene rings is 1. The topological polar surface area (TPSA) is 55.0 Å². The zero-order chi connectivity index (χ0) is 14.7. The summed E-state index contributed by atoms with van der Waals surface area (Å²) in [6, 6.07) is 13.5. The fraction of sp³-hybridized carbons (Fsp3) is 0.250. The van der Waals surface area contributed by atoms with E-state index in [1.807, 2.05) is 54.8 Å². The second-order valence-corrected chi connectivity index (χ2v) is 4.63. The number of aryl methyl sites for hydroxylation is 1. The third-order valence-corrected chi connectivity index (χ3v) is 3.13. The Balaban J connectivity index is 2.40. The van der Waals surface area contributed by atoms with Gasteiger partial charge in [-0.1, -0.05) is 18.2 Å². The van der Waals surface area contributed by atoms with Crippen molar-refractivity contribution in [3.8, 4) is 11.8 Å². The van der Waals surface area contributed by atoms with Crippen LogP contribution in [0.1, 0.15) is 28.7 Å². The molecule has 1 heterocycles. The molecule has 0 spiro atoms. The molecule has 0 aliphatic heterocycles. The SMILES string of the molecule is Cc1cc(C(=O)OC(C)C#N)c(C)n1-c1ccccc1. The van der Waals surface area contributed by atoms with E-state index in [-0.39, 0.29) is 0 Å². The molecule has 0 bridgehead atoms.